The maximum atomic E-state index is 14.8. The summed E-state index contributed by atoms with van der Waals surface area (Å²) in [6.45, 7) is 2.69. The van der Waals surface area contributed by atoms with Crippen molar-refractivity contribution >= 4 is 36.1 Å². The molecule has 0 saturated carbocycles. The number of pyridine rings is 1. The summed E-state index contributed by atoms with van der Waals surface area (Å²) in [6.07, 6.45) is -2.26. The predicted octanol–water partition coefficient (Wildman–Crippen LogP) is 3.63. The van der Waals surface area contributed by atoms with Gasteiger partial charge in [-0.05, 0) is 36.3 Å². The summed E-state index contributed by atoms with van der Waals surface area (Å²) >= 11 is 0. The highest BCUT2D eigenvalue weighted by Gasteiger charge is 2.41. The average molecular weight is 484 g/mol. The highest BCUT2D eigenvalue weighted by molar-refractivity contribution is 6.31. The zero-order chi connectivity index (χ0) is 25.3. The number of anilines is 1. The van der Waals surface area contributed by atoms with Crippen molar-refractivity contribution in [1.82, 2.24) is 15.2 Å². The summed E-state index contributed by atoms with van der Waals surface area (Å²) in [5, 5.41) is 6.74. The number of alkyl halides is 2. The largest absolute Gasteiger partial charge is 0.378 e. The summed E-state index contributed by atoms with van der Waals surface area (Å²) in [5.41, 5.74) is 1.96. The van der Waals surface area contributed by atoms with Crippen LogP contribution in [0.2, 0.25) is 0 Å². The third-order valence-electron chi connectivity index (χ3n) is 6.72. The molecule has 1 aliphatic heterocycles. The summed E-state index contributed by atoms with van der Waals surface area (Å²) < 4.78 is 47.1. The zero-order valence-corrected chi connectivity index (χ0v) is 20.2. The number of rotatable bonds is 6. The molecule has 1 saturated heterocycles. The molecule has 2 aromatic carbocycles. The van der Waals surface area contributed by atoms with Crippen LogP contribution in [-0.4, -0.2) is 51.0 Å². The van der Waals surface area contributed by atoms with E-state index in [4.69, 9.17) is 4.74 Å². The molecule has 35 heavy (non-hydrogen) atoms. The van der Waals surface area contributed by atoms with Gasteiger partial charge in [0.05, 0.1) is 23.7 Å². The Hall–Kier alpha value is -3.27. The third kappa shape index (κ3) is 4.67. The van der Waals surface area contributed by atoms with E-state index >= 15 is 0 Å². The molecule has 1 aliphatic rings. The van der Waals surface area contributed by atoms with Gasteiger partial charge in [-0.25, -0.2) is 18.0 Å². The number of carbonyl (C=O) groups excluding carboxylic acids is 1. The zero-order valence-electron chi connectivity index (χ0n) is 20.2. The van der Waals surface area contributed by atoms with E-state index in [0.717, 1.165) is 28.1 Å². The second-order valence-corrected chi connectivity index (χ2v) is 8.89. The molecule has 0 unspecified atom stereocenters. The number of methoxy groups -OCH3 is 1. The van der Waals surface area contributed by atoms with Crippen molar-refractivity contribution in [3.63, 3.8) is 0 Å². The van der Waals surface area contributed by atoms with Gasteiger partial charge in [-0.1, -0.05) is 24.3 Å². The normalized spacial score (nSPS) is 18.8. The monoisotopic (exact) mass is 484 g/mol. The molecule has 0 spiro atoms. The molecule has 0 aliphatic carbocycles. The Morgan fingerprint density at radius 2 is 1.97 bits per heavy atom. The molecule has 3 aromatic rings. The van der Waals surface area contributed by atoms with Gasteiger partial charge in [0.25, 0.3) is 6.43 Å². The van der Waals surface area contributed by atoms with Crippen molar-refractivity contribution in [3.8, 4) is 0 Å². The number of nitrogens with zero attached hydrogens (tertiary/aromatic N) is 2. The van der Waals surface area contributed by atoms with Crippen LogP contribution in [0.15, 0.2) is 42.5 Å². The number of hydrogen-bond donors (Lipinski definition) is 2. The van der Waals surface area contributed by atoms with E-state index in [9.17, 15) is 18.0 Å². The number of ether oxygens (including phenoxy) is 1. The van der Waals surface area contributed by atoms with Gasteiger partial charge < -0.3 is 20.3 Å². The lowest BCUT2D eigenvalue weighted by Gasteiger charge is -2.29. The van der Waals surface area contributed by atoms with Crippen LogP contribution >= 0.6 is 0 Å². The smallest absolute Gasteiger partial charge is 0.317 e. The Labute approximate surface area is 203 Å². The molecule has 0 radical (unpaired) electrons. The van der Waals surface area contributed by atoms with Crippen molar-refractivity contribution in [3.05, 3.63) is 65.0 Å². The average Bonchev–Trinajstić information content (AvgIpc) is 3.29. The molecule has 10 heteroatoms. The van der Waals surface area contributed by atoms with Crippen LogP contribution in [-0.2, 0) is 10.3 Å². The topological polar surface area (TPSA) is 66.5 Å². The number of nitrogens with one attached hydrogen (secondary N) is 2. The van der Waals surface area contributed by atoms with E-state index in [-0.39, 0.29) is 11.6 Å². The Balaban J connectivity index is 1.72. The number of halogens is 3. The SMILES string of the molecule is Bc1cc(N[C@H](C)c2cccc(C(F)F)c2F)c2cc([C@@]3(OC)CCN(C(=O)NC)C3)ccc2n1. The van der Waals surface area contributed by atoms with Crippen molar-refractivity contribution in [2.75, 3.05) is 32.6 Å². The van der Waals surface area contributed by atoms with Crippen LogP contribution < -0.4 is 16.2 Å². The first kappa shape index (κ1) is 24.8. The lowest BCUT2D eigenvalue weighted by atomic mass is 9.90. The number of carbonyl (C=O) groups is 1. The van der Waals surface area contributed by atoms with Crippen LogP contribution in [0.25, 0.3) is 10.9 Å². The number of aromatic nitrogens is 1. The Morgan fingerprint density at radius 3 is 2.66 bits per heavy atom. The number of benzene rings is 2. The van der Waals surface area contributed by atoms with Gasteiger partial charge in [-0.15, -0.1) is 0 Å². The maximum absolute atomic E-state index is 14.8. The van der Waals surface area contributed by atoms with Crippen molar-refractivity contribution in [1.29, 1.82) is 0 Å². The fourth-order valence-corrected chi connectivity index (χ4v) is 4.78. The van der Waals surface area contributed by atoms with E-state index in [1.165, 1.54) is 12.1 Å². The lowest BCUT2D eigenvalue weighted by molar-refractivity contribution is -0.00305. The minimum Gasteiger partial charge on any atom is -0.378 e. The van der Waals surface area contributed by atoms with Crippen LogP contribution in [0.4, 0.5) is 23.7 Å². The quantitative estimate of drug-likeness (QED) is 0.525. The molecule has 2 heterocycles. The highest BCUT2D eigenvalue weighted by atomic mass is 19.3. The molecule has 184 valence electrons. The number of hydrogen-bond acceptors (Lipinski definition) is 4. The first-order chi connectivity index (χ1) is 16.7. The molecule has 2 N–H and O–H groups in total. The Morgan fingerprint density at radius 1 is 1.23 bits per heavy atom. The summed E-state index contributed by atoms with van der Waals surface area (Å²) in [7, 11) is 5.08. The number of fused-ring (bicyclic) bond motifs is 1. The summed E-state index contributed by atoms with van der Waals surface area (Å²) in [6, 6.07) is 11.0. The lowest BCUT2D eigenvalue weighted by Crippen LogP contribution is -2.40. The molecule has 1 fully saturated rings. The molecule has 6 nitrogen and oxygen atoms in total. The fraction of sp³-hybridized carbons (Fsp3) is 0.360. The van der Waals surface area contributed by atoms with Gasteiger partial charge >= 0.3 is 6.03 Å². The third-order valence-corrected chi connectivity index (χ3v) is 6.72. The summed E-state index contributed by atoms with van der Waals surface area (Å²) in [4.78, 5) is 18.5. The minimum atomic E-state index is -2.89. The van der Waals surface area contributed by atoms with Crippen LogP contribution in [0.3, 0.4) is 0 Å². The van der Waals surface area contributed by atoms with E-state index in [1.54, 1.807) is 26.0 Å². The van der Waals surface area contributed by atoms with Gasteiger partial charge in [-0.2, -0.15) is 0 Å². The molecule has 2 atom stereocenters. The van der Waals surface area contributed by atoms with Gasteiger partial charge in [0.1, 0.15) is 11.4 Å². The highest BCUT2D eigenvalue weighted by Crippen LogP contribution is 2.38. The first-order valence-electron chi connectivity index (χ1n) is 11.5. The second kappa shape index (κ2) is 9.77. The molecule has 4 rings (SSSR count). The maximum Gasteiger partial charge on any atom is 0.317 e. The molecule has 1 aromatic heterocycles. The van der Waals surface area contributed by atoms with Crippen molar-refractivity contribution < 1.29 is 22.7 Å². The second-order valence-electron chi connectivity index (χ2n) is 8.89. The van der Waals surface area contributed by atoms with Crippen LogP contribution in [0.5, 0.6) is 0 Å². The number of urea groups is 1. The fourth-order valence-electron chi connectivity index (χ4n) is 4.78. The summed E-state index contributed by atoms with van der Waals surface area (Å²) in [5.74, 6) is -0.906. The standard InChI is InChI=1S/C25H28BF3N4O2/c1-14(16-5-4-6-17(22(16)27)23(28)29)31-20-12-21(26)32-19-8-7-15(11-18(19)20)25(35-3)9-10-33(13-25)24(34)30-2/h4-8,11-12,14,23H,9-10,13,26H2,1-3H3,(H,30,34)(H,31,32)/t14-,25-/m1/s1. The Kier molecular flexibility index (Phi) is 6.94. The Bertz CT molecular complexity index is 1260. The molecule has 2 amide bonds. The van der Waals surface area contributed by atoms with Crippen LogP contribution in [0, 0.1) is 5.82 Å². The molecule has 0 bridgehead atoms. The van der Waals surface area contributed by atoms with Crippen molar-refractivity contribution in [2.45, 2.75) is 31.4 Å². The van der Waals surface area contributed by atoms with E-state index < -0.39 is 29.4 Å². The van der Waals surface area contributed by atoms with E-state index in [1.807, 2.05) is 32.1 Å². The van der Waals surface area contributed by atoms with Gasteiger partial charge in [0.2, 0.25) is 0 Å². The van der Waals surface area contributed by atoms with Gasteiger partial charge in [0, 0.05) is 43.8 Å². The molecular weight excluding hydrogens is 456 g/mol. The number of amides is 2. The minimum absolute atomic E-state index is 0.159. The van der Waals surface area contributed by atoms with Crippen molar-refractivity contribution in [2.24, 2.45) is 0 Å². The molecular formula is C25H28BF3N4O2. The van der Waals surface area contributed by atoms with E-state index in [2.05, 4.69) is 15.6 Å². The van der Waals surface area contributed by atoms with E-state index in [0.29, 0.717) is 25.2 Å². The first-order valence-corrected chi connectivity index (χ1v) is 11.5. The predicted molar refractivity (Wildman–Crippen MR) is 133 cm³/mol. The number of likely N-dealkylation sites (tertiary alicyclic amines) is 1. The van der Waals surface area contributed by atoms with Gasteiger partial charge in [-0.3, -0.25) is 4.98 Å². The van der Waals surface area contributed by atoms with Crippen LogP contribution in [0.1, 0.15) is 42.5 Å². The van der Waals surface area contributed by atoms with Gasteiger partial charge in [0.15, 0.2) is 7.85 Å².